The van der Waals surface area contributed by atoms with Gasteiger partial charge in [0.15, 0.2) is 0 Å². The van der Waals surface area contributed by atoms with Crippen LogP contribution < -0.4 is 5.32 Å². The fourth-order valence-electron chi connectivity index (χ4n) is 2.60. The second-order valence-electron chi connectivity index (χ2n) is 5.16. The lowest BCUT2D eigenvalue weighted by Gasteiger charge is -2.13. The van der Waals surface area contributed by atoms with Crippen molar-refractivity contribution in [1.82, 2.24) is 5.32 Å². The third-order valence-corrected chi connectivity index (χ3v) is 3.67. The molecule has 2 rings (SSSR count). The highest BCUT2D eigenvalue weighted by molar-refractivity contribution is 5.26. The van der Waals surface area contributed by atoms with Crippen LogP contribution in [0.4, 0.5) is 0 Å². The van der Waals surface area contributed by atoms with E-state index in [2.05, 4.69) is 29.6 Å². The van der Waals surface area contributed by atoms with Crippen LogP contribution in [-0.4, -0.2) is 26.4 Å². The second-order valence-corrected chi connectivity index (χ2v) is 5.16. The van der Waals surface area contributed by atoms with E-state index in [0.29, 0.717) is 12.7 Å². The van der Waals surface area contributed by atoms with Crippen molar-refractivity contribution in [1.29, 1.82) is 0 Å². The Balaban J connectivity index is 1.64. The number of rotatable bonds is 8. The monoisotopic (exact) mass is 263 g/mol. The van der Waals surface area contributed by atoms with E-state index in [1.54, 1.807) is 7.11 Å². The van der Waals surface area contributed by atoms with Crippen LogP contribution in [0.1, 0.15) is 36.8 Å². The van der Waals surface area contributed by atoms with Crippen LogP contribution in [0.5, 0.6) is 0 Å². The van der Waals surface area contributed by atoms with Crippen LogP contribution in [0.15, 0.2) is 24.3 Å². The summed E-state index contributed by atoms with van der Waals surface area (Å²) in [6.07, 6.45) is 5.68. The Bertz CT molecular complexity index is 362. The van der Waals surface area contributed by atoms with Crippen LogP contribution in [0.3, 0.4) is 0 Å². The molecule has 3 heteroatoms. The minimum Gasteiger partial charge on any atom is -0.380 e. The van der Waals surface area contributed by atoms with Crippen molar-refractivity contribution in [2.75, 3.05) is 20.3 Å². The molecule has 0 atom stereocenters. The Morgan fingerprint density at radius 1 is 1.16 bits per heavy atom. The minimum absolute atomic E-state index is 0.516. The summed E-state index contributed by atoms with van der Waals surface area (Å²) in [6.45, 7) is 3.29. The van der Waals surface area contributed by atoms with Gasteiger partial charge in [-0.25, -0.2) is 0 Å². The molecule has 0 aromatic heterocycles. The number of nitrogens with one attached hydrogen (secondary N) is 1. The summed E-state index contributed by atoms with van der Waals surface area (Å²) < 4.78 is 11.0. The highest BCUT2D eigenvalue weighted by Gasteiger charge is 2.14. The SMILES string of the molecule is COCc1ccccc1CNCCOC1CCCC1. The van der Waals surface area contributed by atoms with E-state index in [0.717, 1.165) is 19.7 Å². The lowest BCUT2D eigenvalue weighted by molar-refractivity contribution is 0.0602. The molecule has 106 valence electrons. The predicted octanol–water partition coefficient (Wildman–Crippen LogP) is 2.88. The summed E-state index contributed by atoms with van der Waals surface area (Å²) >= 11 is 0. The van der Waals surface area contributed by atoms with E-state index in [1.807, 2.05) is 0 Å². The molecule has 0 saturated heterocycles. The van der Waals surface area contributed by atoms with Gasteiger partial charge >= 0.3 is 0 Å². The molecule has 0 aliphatic heterocycles. The highest BCUT2D eigenvalue weighted by atomic mass is 16.5. The highest BCUT2D eigenvalue weighted by Crippen LogP contribution is 2.20. The lowest BCUT2D eigenvalue weighted by atomic mass is 10.1. The number of methoxy groups -OCH3 is 1. The standard InChI is InChI=1S/C16H25NO2/c1-18-13-15-7-3-2-6-14(15)12-17-10-11-19-16-8-4-5-9-16/h2-3,6-7,16-17H,4-5,8-13H2,1H3. The molecule has 0 spiro atoms. The van der Waals surface area contributed by atoms with Gasteiger partial charge in [0.25, 0.3) is 0 Å². The fourth-order valence-corrected chi connectivity index (χ4v) is 2.60. The minimum atomic E-state index is 0.516. The second kappa shape index (κ2) is 8.31. The van der Waals surface area contributed by atoms with Crippen molar-refractivity contribution in [3.05, 3.63) is 35.4 Å². The lowest BCUT2D eigenvalue weighted by Crippen LogP contribution is -2.22. The Hall–Kier alpha value is -0.900. The van der Waals surface area contributed by atoms with Crippen LogP contribution in [-0.2, 0) is 22.6 Å². The third kappa shape index (κ3) is 4.94. The largest absolute Gasteiger partial charge is 0.380 e. The van der Waals surface area contributed by atoms with E-state index in [9.17, 15) is 0 Å². The Morgan fingerprint density at radius 3 is 2.63 bits per heavy atom. The van der Waals surface area contributed by atoms with E-state index >= 15 is 0 Å². The molecule has 1 aromatic carbocycles. The predicted molar refractivity (Wildman–Crippen MR) is 77.1 cm³/mol. The average molecular weight is 263 g/mol. The molecule has 0 amide bonds. The molecule has 0 bridgehead atoms. The van der Waals surface area contributed by atoms with Gasteiger partial charge in [-0.3, -0.25) is 0 Å². The third-order valence-electron chi connectivity index (χ3n) is 3.67. The van der Waals surface area contributed by atoms with Crippen molar-refractivity contribution in [3.8, 4) is 0 Å². The van der Waals surface area contributed by atoms with Gasteiger partial charge in [-0.2, -0.15) is 0 Å². The first-order valence-corrected chi connectivity index (χ1v) is 7.28. The van der Waals surface area contributed by atoms with Gasteiger partial charge in [-0.1, -0.05) is 37.1 Å². The van der Waals surface area contributed by atoms with Crippen LogP contribution >= 0.6 is 0 Å². The van der Waals surface area contributed by atoms with Crippen LogP contribution in [0.2, 0.25) is 0 Å². The molecule has 0 heterocycles. The van der Waals surface area contributed by atoms with Crippen molar-refractivity contribution < 1.29 is 9.47 Å². The molecular formula is C16H25NO2. The molecule has 1 aromatic rings. The zero-order valence-electron chi connectivity index (χ0n) is 11.9. The van der Waals surface area contributed by atoms with Gasteiger partial charge in [0, 0.05) is 20.2 Å². The summed E-state index contributed by atoms with van der Waals surface area (Å²) in [5.41, 5.74) is 2.57. The molecule has 0 unspecified atom stereocenters. The number of hydrogen-bond donors (Lipinski definition) is 1. The van der Waals surface area contributed by atoms with E-state index in [4.69, 9.17) is 9.47 Å². The maximum Gasteiger partial charge on any atom is 0.0716 e. The maximum absolute atomic E-state index is 5.83. The molecular weight excluding hydrogens is 238 g/mol. The normalized spacial score (nSPS) is 16.1. The molecule has 1 N–H and O–H groups in total. The summed E-state index contributed by atoms with van der Waals surface area (Å²) in [6, 6.07) is 8.40. The van der Waals surface area contributed by atoms with Gasteiger partial charge < -0.3 is 14.8 Å². The summed E-state index contributed by atoms with van der Waals surface area (Å²) in [5, 5.41) is 3.44. The van der Waals surface area contributed by atoms with E-state index in [-0.39, 0.29) is 0 Å². The van der Waals surface area contributed by atoms with Crippen LogP contribution in [0, 0.1) is 0 Å². The average Bonchev–Trinajstić information content (AvgIpc) is 2.94. The topological polar surface area (TPSA) is 30.5 Å². The van der Waals surface area contributed by atoms with Crippen molar-refractivity contribution in [3.63, 3.8) is 0 Å². The fraction of sp³-hybridized carbons (Fsp3) is 0.625. The van der Waals surface area contributed by atoms with Gasteiger partial charge in [-0.15, -0.1) is 0 Å². The number of benzene rings is 1. The number of ether oxygens (including phenoxy) is 2. The van der Waals surface area contributed by atoms with E-state index < -0.39 is 0 Å². The molecule has 1 fully saturated rings. The van der Waals surface area contributed by atoms with Gasteiger partial charge in [0.1, 0.15) is 0 Å². The van der Waals surface area contributed by atoms with Crippen molar-refractivity contribution in [2.24, 2.45) is 0 Å². The molecule has 1 aliphatic rings. The smallest absolute Gasteiger partial charge is 0.0716 e. The maximum atomic E-state index is 5.83. The first kappa shape index (κ1) is 14.5. The Kier molecular flexibility index (Phi) is 6.34. The summed E-state index contributed by atoms with van der Waals surface area (Å²) in [7, 11) is 1.74. The van der Waals surface area contributed by atoms with Gasteiger partial charge in [0.05, 0.1) is 19.3 Å². The van der Waals surface area contributed by atoms with Crippen LogP contribution in [0.25, 0.3) is 0 Å². The molecule has 1 saturated carbocycles. The quantitative estimate of drug-likeness (QED) is 0.732. The molecule has 3 nitrogen and oxygen atoms in total. The molecule has 0 radical (unpaired) electrons. The number of hydrogen-bond acceptors (Lipinski definition) is 3. The van der Waals surface area contributed by atoms with E-state index in [1.165, 1.54) is 36.8 Å². The summed E-state index contributed by atoms with van der Waals surface area (Å²) in [5.74, 6) is 0. The van der Waals surface area contributed by atoms with Gasteiger partial charge in [-0.05, 0) is 24.0 Å². The zero-order valence-corrected chi connectivity index (χ0v) is 11.9. The molecule has 19 heavy (non-hydrogen) atoms. The van der Waals surface area contributed by atoms with Gasteiger partial charge in [0.2, 0.25) is 0 Å². The Labute approximate surface area is 116 Å². The first-order chi connectivity index (χ1) is 9.40. The molecule has 1 aliphatic carbocycles. The first-order valence-electron chi connectivity index (χ1n) is 7.28. The van der Waals surface area contributed by atoms with Crippen molar-refractivity contribution >= 4 is 0 Å². The Morgan fingerprint density at radius 2 is 1.89 bits per heavy atom. The van der Waals surface area contributed by atoms with Crippen molar-refractivity contribution in [2.45, 2.75) is 44.9 Å². The zero-order chi connectivity index (χ0) is 13.3. The summed E-state index contributed by atoms with van der Waals surface area (Å²) in [4.78, 5) is 0.